The Bertz CT molecular complexity index is 763. The van der Waals surface area contributed by atoms with Gasteiger partial charge in [0.25, 0.3) is 0 Å². The maximum Gasteiger partial charge on any atom is 0.237 e. The molecule has 3 rings (SSSR count). The van der Waals surface area contributed by atoms with Crippen molar-refractivity contribution in [1.82, 2.24) is 20.2 Å². The number of aromatic nitrogens is 2. The van der Waals surface area contributed by atoms with Crippen LogP contribution >= 0.6 is 0 Å². The van der Waals surface area contributed by atoms with E-state index in [1.807, 2.05) is 35.2 Å². The van der Waals surface area contributed by atoms with E-state index in [-0.39, 0.29) is 18.2 Å². The van der Waals surface area contributed by atoms with Crippen molar-refractivity contribution in [3.8, 4) is 0 Å². The van der Waals surface area contributed by atoms with Crippen molar-refractivity contribution in [3.63, 3.8) is 0 Å². The first-order valence-electron chi connectivity index (χ1n) is 9.50. The lowest BCUT2D eigenvalue weighted by Gasteiger charge is -2.34. The fourth-order valence-electron chi connectivity index (χ4n) is 3.15. The first kappa shape index (κ1) is 19.8. The van der Waals surface area contributed by atoms with Crippen LogP contribution in [0.15, 0.2) is 48.8 Å². The zero-order chi connectivity index (χ0) is 19.8. The first-order valence-corrected chi connectivity index (χ1v) is 9.50. The van der Waals surface area contributed by atoms with Crippen LogP contribution in [0.5, 0.6) is 0 Å². The Balaban J connectivity index is 1.36. The normalized spacial score (nSPS) is 15.2. The number of amides is 2. The third-order valence-corrected chi connectivity index (χ3v) is 4.74. The van der Waals surface area contributed by atoms with E-state index in [0.717, 1.165) is 5.56 Å². The number of anilines is 1. The van der Waals surface area contributed by atoms with Crippen LogP contribution in [0.3, 0.4) is 0 Å². The molecule has 1 aromatic heterocycles. The van der Waals surface area contributed by atoms with Gasteiger partial charge in [0.05, 0.1) is 6.04 Å². The van der Waals surface area contributed by atoms with Gasteiger partial charge in [0.1, 0.15) is 0 Å². The van der Waals surface area contributed by atoms with E-state index >= 15 is 0 Å². The van der Waals surface area contributed by atoms with Gasteiger partial charge in [-0.2, -0.15) is 0 Å². The molecule has 1 aliphatic rings. The van der Waals surface area contributed by atoms with Crippen molar-refractivity contribution in [3.05, 3.63) is 54.4 Å². The smallest absolute Gasteiger partial charge is 0.237 e. The maximum absolute atomic E-state index is 12.4. The third kappa shape index (κ3) is 5.50. The van der Waals surface area contributed by atoms with Gasteiger partial charge in [0, 0.05) is 51.5 Å². The van der Waals surface area contributed by atoms with Crippen LogP contribution in [-0.4, -0.2) is 65.4 Å². The second-order valence-electron chi connectivity index (χ2n) is 6.75. The lowest BCUT2D eigenvalue weighted by atomic mass is 10.1. The Morgan fingerprint density at radius 1 is 1.04 bits per heavy atom. The number of nitrogens with zero attached hydrogens (tertiary/aromatic N) is 4. The molecule has 2 aromatic rings. The van der Waals surface area contributed by atoms with Crippen LogP contribution in [0.1, 0.15) is 12.0 Å². The zero-order valence-electron chi connectivity index (χ0n) is 15.8. The Morgan fingerprint density at radius 2 is 1.71 bits per heavy atom. The summed E-state index contributed by atoms with van der Waals surface area (Å²) in [7, 11) is 0. The predicted molar refractivity (Wildman–Crippen MR) is 107 cm³/mol. The molecule has 8 nitrogen and oxygen atoms in total. The van der Waals surface area contributed by atoms with Crippen molar-refractivity contribution < 1.29 is 9.59 Å². The molecule has 1 aliphatic heterocycles. The number of carbonyl (C=O) groups is 2. The highest BCUT2D eigenvalue weighted by atomic mass is 16.2. The molecule has 1 atom stereocenters. The van der Waals surface area contributed by atoms with Crippen molar-refractivity contribution in [2.24, 2.45) is 5.73 Å². The number of hydrogen-bond donors (Lipinski definition) is 2. The second-order valence-corrected chi connectivity index (χ2v) is 6.75. The molecule has 1 aromatic carbocycles. The molecule has 1 saturated heterocycles. The number of benzene rings is 1. The van der Waals surface area contributed by atoms with E-state index in [2.05, 4.69) is 20.2 Å². The van der Waals surface area contributed by atoms with Gasteiger partial charge < -0.3 is 20.9 Å². The van der Waals surface area contributed by atoms with Gasteiger partial charge in [0.15, 0.2) is 0 Å². The average molecular weight is 382 g/mol. The van der Waals surface area contributed by atoms with E-state index in [4.69, 9.17) is 5.73 Å². The first-order chi connectivity index (χ1) is 13.6. The van der Waals surface area contributed by atoms with Crippen molar-refractivity contribution in [2.75, 3.05) is 37.6 Å². The monoisotopic (exact) mass is 382 g/mol. The van der Waals surface area contributed by atoms with Crippen LogP contribution in [0.4, 0.5) is 5.95 Å². The van der Waals surface area contributed by atoms with Crippen molar-refractivity contribution in [1.29, 1.82) is 0 Å². The number of nitrogens with two attached hydrogens (primary N) is 1. The summed E-state index contributed by atoms with van der Waals surface area (Å²) in [4.78, 5) is 36.9. The number of rotatable bonds is 7. The highest BCUT2D eigenvalue weighted by molar-refractivity contribution is 5.83. The van der Waals surface area contributed by atoms with Crippen molar-refractivity contribution in [2.45, 2.75) is 18.9 Å². The molecule has 8 heteroatoms. The number of piperazine rings is 1. The summed E-state index contributed by atoms with van der Waals surface area (Å²) in [6, 6.07) is 10.8. The maximum atomic E-state index is 12.4. The van der Waals surface area contributed by atoms with Crippen LogP contribution < -0.4 is 16.0 Å². The quantitative estimate of drug-likeness (QED) is 0.709. The highest BCUT2D eigenvalue weighted by Gasteiger charge is 2.22. The zero-order valence-corrected chi connectivity index (χ0v) is 15.8. The van der Waals surface area contributed by atoms with E-state index in [9.17, 15) is 9.59 Å². The van der Waals surface area contributed by atoms with Crippen LogP contribution in [0.2, 0.25) is 0 Å². The molecule has 3 N–H and O–H groups in total. The van der Waals surface area contributed by atoms with Gasteiger partial charge in [-0.1, -0.05) is 30.3 Å². The van der Waals surface area contributed by atoms with Crippen LogP contribution in [0.25, 0.3) is 0 Å². The molecule has 2 amide bonds. The Hall–Kier alpha value is -3.00. The molecule has 1 fully saturated rings. The second kappa shape index (κ2) is 9.80. The predicted octanol–water partition coefficient (Wildman–Crippen LogP) is 0.202. The van der Waals surface area contributed by atoms with E-state index in [1.165, 1.54) is 0 Å². The van der Waals surface area contributed by atoms with Gasteiger partial charge >= 0.3 is 0 Å². The Kier molecular flexibility index (Phi) is 6.91. The molecule has 0 saturated carbocycles. The standard InChI is InChI=1S/C20H26N6O2/c21-17(15-16-5-2-1-3-6-16)19(28)22-10-7-18(27)25-11-13-26(14-12-25)20-23-8-4-9-24-20/h1-6,8-9,17H,7,10-15,21H2,(H,22,28). The van der Waals surface area contributed by atoms with Gasteiger partial charge in [-0.15, -0.1) is 0 Å². The van der Waals surface area contributed by atoms with Gasteiger partial charge in [-0.3, -0.25) is 9.59 Å². The molecular formula is C20H26N6O2. The molecule has 148 valence electrons. The fraction of sp³-hybridized carbons (Fsp3) is 0.400. The summed E-state index contributed by atoms with van der Waals surface area (Å²) in [6.07, 6.45) is 4.17. The number of hydrogen-bond acceptors (Lipinski definition) is 6. The van der Waals surface area contributed by atoms with Gasteiger partial charge in [-0.25, -0.2) is 9.97 Å². The van der Waals surface area contributed by atoms with Gasteiger partial charge in [0.2, 0.25) is 17.8 Å². The molecule has 0 spiro atoms. The summed E-state index contributed by atoms with van der Waals surface area (Å²) < 4.78 is 0. The molecule has 1 unspecified atom stereocenters. The van der Waals surface area contributed by atoms with Crippen LogP contribution in [-0.2, 0) is 16.0 Å². The summed E-state index contributed by atoms with van der Waals surface area (Å²) >= 11 is 0. The highest BCUT2D eigenvalue weighted by Crippen LogP contribution is 2.10. The summed E-state index contributed by atoms with van der Waals surface area (Å²) in [5.41, 5.74) is 6.97. The molecule has 2 heterocycles. The topological polar surface area (TPSA) is 104 Å². The van der Waals surface area contributed by atoms with E-state index in [1.54, 1.807) is 18.5 Å². The van der Waals surface area contributed by atoms with Crippen molar-refractivity contribution >= 4 is 17.8 Å². The summed E-state index contributed by atoms with van der Waals surface area (Å²) in [5.74, 6) is 0.488. The molecule has 28 heavy (non-hydrogen) atoms. The molecule has 0 bridgehead atoms. The lowest BCUT2D eigenvalue weighted by molar-refractivity contribution is -0.131. The third-order valence-electron chi connectivity index (χ3n) is 4.74. The molecule has 0 aliphatic carbocycles. The molecular weight excluding hydrogens is 356 g/mol. The summed E-state index contributed by atoms with van der Waals surface area (Å²) in [6.45, 7) is 2.94. The van der Waals surface area contributed by atoms with Crippen LogP contribution in [0, 0.1) is 0 Å². The largest absolute Gasteiger partial charge is 0.354 e. The molecule has 0 radical (unpaired) electrons. The average Bonchev–Trinajstić information content (AvgIpc) is 2.75. The number of carbonyl (C=O) groups excluding carboxylic acids is 2. The Labute approximate surface area is 164 Å². The van der Waals surface area contributed by atoms with Gasteiger partial charge in [-0.05, 0) is 18.1 Å². The lowest BCUT2D eigenvalue weighted by Crippen LogP contribution is -2.50. The van der Waals surface area contributed by atoms with E-state index in [0.29, 0.717) is 45.1 Å². The minimum Gasteiger partial charge on any atom is -0.354 e. The summed E-state index contributed by atoms with van der Waals surface area (Å²) in [5, 5.41) is 2.77. The minimum absolute atomic E-state index is 0.0329. The fourth-order valence-corrected chi connectivity index (χ4v) is 3.15. The minimum atomic E-state index is -0.619. The SMILES string of the molecule is NC(Cc1ccccc1)C(=O)NCCC(=O)N1CCN(c2ncccn2)CC1. The number of nitrogens with one attached hydrogen (secondary N) is 1. The Morgan fingerprint density at radius 3 is 2.39 bits per heavy atom. The van der Waals surface area contributed by atoms with E-state index < -0.39 is 6.04 Å².